The predicted octanol–water partition coefficient (Wildman–Crippen LogP) is 3.72. The number of hydrogen-bond acceptors (Lipinski definition) is 5. The van der Waals surface area contributed by atoms with Crippen LogP contribution in [0.2, 0.25) is 0 Å². The smallest absolute Gasteiger partial charge is 0.185 e. The van der Waals surface area contributed by atoms with Gasteiger partial charge < -0.3 is 15.2 Å². The minimum atomic E-state index is -0.126. The van der Waals surface area contributed by atoms with Gasteiger partial charge in [-0.25, -0.2) is 4.68 Å². The zero-order valence-corrected chi connectivity index (χ0v) is 16.4. The first-order chi connectivity index (χ1) is 13.5. The van der Waals surface area contributed by atoms with Crippen LogP contribution in [0.15, 0.2) is 54.6 Å². The van der Waals surface area contributed by atoms with Gasteiger partial charge in [0, 0.05) is 18.0 Å². The lowest BCUT2D eigenvalue weighted by atomic mass is 10.1. The van der Waals surface area contributed by atoms with Crippen molar-refractivity contribution in [3.63, 3.8) is 0 Å². The van der Waals surface area contributed by atoms with Gasteiger partial charge in [-0.3, -0.25) is 4.79 Å². The maximum atomic E-state index is 12.5. The van der Waals surface area contributed by atoms with E-state index in [4.69, 9.17) is 15.2 Å². The van der Waals surface area contributed by atoms with Gasteiger partial charge in [0.1, 0.15) is 23.8 Å². The van der Waals surface area contributed by atoms with E-state index in [1.54, 1.807) is 11.8 Å². The van der Waals surface area contributed by atoms with Crippen molar-refractivity contribution < 1.29 is 14.3 Å². The molecule has 0 aliphatic rings. The fraction of sp³-hybridized carbons (Fsp3) is 0.273. The molecule has 0 aliphatic carbocycles. The average molecular weight is 379 g/mol. The molecule has 0 spiro atoms. The standard InChI is InChI=1S/C22H25N3O3/c1-15(2)22(26)20-14-21(16-4-8-19(9-5-16)28-13-12-23)25(24-20)17-6-10-18(27-3)11-7-17/h4-11,14-15H,12-13,23H2,1-3H3. The third kappa shape index (κ3) is 4.23. The third-order valence-corrected chi connectivity index (χ3v) is 4.34. The van der Waals surface area contributed by atoms with Crippen molar-refractivity contribution in [2.24, 2.45) is 11.7 Å². The largest absolute Gasteiger partial charge is 0.497 e. The van der Waals surface area contributed by atoms with E-state index in [9.17, 15) is 4.79 Å². The lowest BCUT2D eigenvalue weighted by molar-refractivity contribution is 0.0934. The molecule has 0 saturated heterocycles. The molecule has 1 heterocycles. The molecule has 0 atom stereocenters. The molecule has 0 amide bonds. The molecular weight excluding hydrogens is 354 g/mol. The highest BCUT2D eigenvalue weighted by atomic mass is 16.5. The quantitative estimate of drug-likeness (QED) is 0.604. The van der Waals surface area contributed by atoms with E-state index in [-0.39, 0.29) is 11.7 Å². The molecule has 2 aromatic carbocycles. The molecule has 0 bridgehead atoms. The van der Waals surface area contributed by atoms with Crippen molar-refractivity contribution in [1.82, 2.24) is 9.78 Å². The van der Waals surface area contributed by atoms with E-state index in [1.807, 2.05) is 68.4 Å². The van der Waals surface area contributed by atoms with Gasteiger partial charge in [-0.15, -0.1) is 0 Å². The Morgan fingerprint density at radius 1 is 1.07 bits per heavy atom. The third-order valence-electron chi connectivity index (χ3n) is 4.34. The Labute approximate surface area is 164 Å². The molecule has 0 radical (unpaired) electrons. The Kier molecular flexibility index (Phi) is 6.11. The summed E-state index contributed by atoms with van der Waals surface area (Å²) in [7, 11) is 1.63. The SMILES string of the molecule is COc1ccc(-n2nc(C(=O)C(C)C)cc2-c2ccc(OCCN)cc2)cc1. The van der Waals surface area contributed by atoms with Crippen molar-refractivity contribution in [3.8, 4) is 28.4 Å². The number of nitrogens with zero attached hydrogens (tertiary/aromatic N) is 2. The number of ketones is 1. The lowest BCUT2D eigenvalue weighted by Gasteiger charge is -2.10. The van der Waals surface area contributed by atoms with Crippen molar-refractivity contribution in [2.75, 3.05) is 20.3 Å². The number of ether oxygens (including phenoxy) is 2. The van der Waals surface area contributed by atoms with E-state index < -0.39 is 0 Å². The van der Waals surface area contributed by atoms with Crippen molar-refractivity contribution in [2.45, 2.75) is 13.8 Å². The van der Waals surface area contributed by atoms with Gasteiger partial charge in [0.2, 0.25) is 0 Å². The topological polar surface area (TPSA) is 79.4 Å². The second-order valence-corrected chi connectivity index (χ2v) is 6.71. The monoisotopic (exact) mass is 379 g/mol. The molecule has 0 saturated carbocycles. The summed E-state index contributed by atoms with van der Waals surface area (Å²) < 4.78 is 12.6. The molecule has 28 heavy (non-hydrogen) atoms. The van der Waals surface area contributed by atoms with Crippen LogP contribution in [0.25, 0.3) is 16.9 Å². The summed E-state index contributed by atoms with van der Waals surface area (Å²) in [5.41, 5.74) is 8.55. The number of methoxy groups -OCH3 is 1. The highest BCUT2D eigenvalue weighted by Crippen LogP contribution is 2.27. The number of nitrogens with two attached hydrogens (primary N) is 1. The van der Waals surface area contributed by atoms with Gasteiger partial charge in [-0.2, -0.15) is 5.10 Å². The van der Waals surface area contributed by atoms with Crippen LogP contribution in [0, 0.1) is 5.92 Å². The molecule has 0 aliphatic heterocycles. The number of carbonyl (C=O) groups is 1. The first-order valence-corrected chi connectivity index (χ1v) is 9.25. The Morgan fingerprint density at radius 3 is 2.29 bits per heavy atom. The lowest BCUT2D eigenvalue weighted by Crippen LogP contribution is -2.10. The van der Waals surface area contributed by atoms with E-state index in [1.165, 1.54) is 0 Å². The molecule has 6 heteroatoms. The molecule has 2 N–H and O–H groups in total. The van der Waals surface area contributed by atoms with Crippen LogP contribution in [0.3, 0.4) is 0 Å². The normalized spacial score (nSPS) is 10.9. The first-order valence-electron chi connectivity index (χ1n) is 9.25. The molecule has 0 fully saturated rings. The summed E-state index contributed by atoms with van der Waals surface area (Å²) >= 11 is 0. The average Bonchev–Trinajstić information content (AvgIpc) is 3.17. The molecular formula is C22H25N3O3. The van der Waals surface area contributed by atoms with Crippen LogP contribution in [0.1, 0.15) is 24.3 Å². The van der Waals surface area contributed by atoms with E-state index in [2.05, 4.69) is 5.10 Å². The second kappa shape index (κ2) is 8.71. The van der Waals surface area contributed by atoms with E-state index in [0.29, 0.717) is 18.8 Å². The fourth-order valence-electron chi connectivity index (χ4n) is 2.82. The summed E-state index contributed by atoms with van der Waals surface area (Å²) in [4.78, 5) is 12.5. The van der Waals surface area contributed by atoms with Crippen LogP contribution in [-0.4, -0.2) is 35.8 Å². The number of benzene rings is 2. The van der Waals surface area contributed by atoms with E-state index >= 15 is 0 Å². The summed E-state index contributed by atoms with van der Waals surface area (Å²) in [6.07, 6.45) is 0. The molecule has 1 aromatic heterocycles. The van der Waals surface area contributed by atoms with Crippen LogP contribution in [-0.2, 0) is 0 Å². The summed E-state index contributed by atoms with van der Waals surface area (Å²) in [5, 5.41) is 4.58. The molecule has 146 valence electrons. The fourth-order valence-corrected chi connectivity index (χ4v) is 2.82. The van der Waals surface area contributed by atoms with Gasteiger partial charge in [0.25, 0.3) is 0 Å². The molecule has 0 unspecified atom stereocenters. The molecule has 3 rings (SSSR count). The van der Waals surface area contributed by atoms with Gasteiger partial charge in [0.05, 0.1) is 18.5 Å². The van der Waals surface area contributed by atoms with Crippen LogP contribution >= 0.6 is 0 Å². The number of hydrogen-bond donors (Lipinski definition) is 1. The van der Waals surface area contributed by atoms with Gasteiger partial charge in [-0.05, 0) is 54.6 Å². The second-order valence-electron chi connectivity index (χ2n) is 6.71. The highest BCUT2D eigenvalue weighted by Gasteiger charge is 2.19. The summed E-state index contributed by atoms with van der Waals surface area (Å²) in [6.45, 7) is 4.68. The van der Waals surface area contributed by atoms with Crippen LogP contribution in [0.4, 0.5) is 0 Å². The van der Waals surface area contributed by atoms with Crippen molar-refractivity contribution >= 4 is 5.78 Å². The number of rotatable bonds is 8. The molecule has 6 nitrogen and oxygen atoms in total. The predicted molar refractivity (Wildman–Crippen MR) is 109 cm³/mol. The maximum Gasteiger partial charge on any atom is 0.185 e. The van der Waals surface area contributed by atoms with Crippen molar-refractivity contribution in [1.29, 1.82) is 0 Å². The minimum Gasteiger partial charge on any atom is -0.497 e. The number of carbonyl (C=O) groups excluding carboxylic acids is 1. The Balaban J connectivity index is 2.03. The Bertz CT molecular complexity index is 929. The summed E-state index contributed by atoms with van der Waals surface area (Å²) in [6, 6.07) is 17.1. The van der Waals surface area contributed by atoms with E-state index in [0.717, 1.165) is 28.4 Å². The zero-order valence-electron chi connectivity index (χ0n) is 16.4. The summed E-state index contributed by atoms with van der Waals surface area (Å²) in [5.74, 6) is 1.40. The number of Topliss-reactive ketones (excluding diaryl/α,β-unsaturated/α-hetero) is 1. The first kappa shape index (κ1) is 19.6. The van der Waals surface area contributed by atoms with Gasteiger partial charge >= 0.3 is 0 Å². The van der Waals surface area contributed by atoms with Crippen molar-refractivity contribution in [3.05, 3.63) is 60.3 Å². The van der Waals surface area contributed by atoms with Gasteiger partial charge in [0.15, 0.2) is 5.78 Å². The Morgan fingerprint density at radius 2 is 1.71 bits per heavy atom. The van der Waals surface area contributed by atoms with Crippen LogP contribution in [0.5, 0.6) is 11.5 Å². The Hall–Kier alpha value is -3.12. The maximum absolute atomic E-state index is 12.5. The number of aromatic nitrogens is 2. The highest BCUT2D eigenvalue weighted by molar-refractivity contribution is 5.96. The zero-order chi connectivity index (χ0) is 20.1. The van der Waals surface area contributed by atoms with Crippen LogP contribution < -0.4 is 15.2 Å². The molecule has 3 aromatic rings. The minimum absolute atomic E-state index is 0.0106. The van der Waals surface area contributed by atoms with Gasteiger partial charge in [-0.1, -0.05) is 13.8 Å².